The normalized spacial score (nSPS) is 10.8. The van der Waals surface area contributed by atoms with E-state index in [9.17, 15) is 0 Å². The summed E-state index contributed by atoms with van der Waals surface area (Å²) in [6, 6.07) is 0. The highest BCUT2D eigenvalue weighted by Crippen LogP contribution is 2.04. The Morgan fingerprint density at radius 1 is 1.75 bits per heavy atom. The maximum Gasteiger partial charge on any atom is 0.145 e. The zero-order valence-corrected chi connectivity index (χ0v) is 5.14. The smallest absolute Gasteiger partial charge is 0.145 e. The van der Waals surface area contributed by atoms with Gasteiger partial charge in [0.2, 0.25) is 0 Å². The molecule has 0 aromatic carbocycles. The van der Waals surface area contributed by atoms with Crippen LogP contribution in [0.3, 0.4) is 0 Å². The molecule has 0 aliphatic heterocycles. The Morgan fingerprint density at radius 3 is 2.38 bits per heavy atom. The minimum Gasteiger partial charge on any atom is -0.371 e. The van der Waals surface area contributed by atoms with Crippen molar-refractivity contribution in [3.05, 3.63) is 0 Å². The largest absolute Gasteiger partial charge is 0.371 e. The number of ether oxygens (including phenoxy) is 1. The standard InChI is InChI=1S/C6H10O2/c1-4-6(2,3)8-5-7/h1,7H,5H2,2-3H3. The molecule has 0 spiro atoms. The Labute approximate surface area is 49.5 Å². The van der Waals surface area contributed by atoms with Gasteiger partial charge in [0.25, 0.3) is 0 Å². The Hall–Kier alpha value is -0.520. The van der Waals surface area contributed by atoms with Crippen LogP contribution in [0, 0.1) is 12.3 Å². The lowest BCUT2D eigenvalue weighted by molar-refractivity contribution is -0.0680. The second-order valence-corrected chi connectivity index (χ2v) is 1.93. The van der Waals surface area contributed by atoms with Crippen molar-refractivity contribution in [1.82, 2.24) is 0 Å². The monoisotopic (exact) mass is 114 g/mol. The quantitative estimate of drug-likeness (QED) is 0.415. The summed E-state index contributed by atoms with van der Waals surface area (Å²) in [7, 11) is 0. The SMILES string of the molecule is C#CC(C)(C)OCO. The zero-order chi connectivity index (χ0) is 6.62. The van der Waals surface area contributed by atoms with Crippen molar-refractivity contribution in [2.75, 3.05) is 6.79 Å². The Balaban J connectivity index is 3.59. The predicted octanol–water partition coefficient (Wildman–Crippen LogP) is 0.365. The molecular weight excluding hydrogens is 104 g/mol. The molecule has 0 amide bonds. The van der Waals surface area contributed by atoms with Gasteiger partial charge in [-0.25, -0.2) is 0 Å². The maximum atomic E-state index is 8.22. The maximum absolute atomic E-state index is 8.22. The summed E-state index contributed by atoms with van der Waals surface area (Å²) in [4.78, 5) is 0. The first-order valence-corrected chi connectivity index (χ1v) is 2.35. The van der Waals surface area contributed by atoms with Crippen LogP contribution in [0.1, 0.15) is 13.8 Å². The molecule has 0 bridgehead atoms. The lowest BCUT2D eigenvalue weighted by Gasteiger charge is -2.15. The number of rotatable bonds is 2. The fraction of sp³-hybridized carbons (Fsp3) is 0.667. The molecule has 8 heavy (non-hydrogen) atoms. The number of terminal acetylenes is 1. The molecule has 0 saturated heterocycles. The molecule has 0 aliphatic carbocycles. The Bertz CT molecular complexity index is 99.6. The molecule has 0 atom stereocenters. The summed E-state index contributed by atoms with van der Waals surface area (Å²) < 4.78 is 4.70. The molecule has 46 valence electrons. The van der Waals surface area contributed by atoms with E-state index in [-0.39, 0.29) is 6.79 Å². The summed E-state index contributed by atoms with van der Waals surface area (Å²) in [6.07, 6.45) is 5.01. The van der Waals surface area contributed by atoms with E-state index in [1.807, 2.05) is 0 Å². The van der Waals surface area contributed by atoms with Gasteiger partial charge in [-0.2, -0.15) is 0 Å². The number of hydrogen-bond donors (Lipinski definition) is 1. The molecule has 2 nitrogen and oxygen atoms in total. The van der Waals surface area contributed by atoms with Crippen molar-refractivity contribution < 1.29 is 9.84 Å². The van der Waals surface area contributed by atoms with E-state index in [1.165, 1.54) is 0 Å². The van der Waals surface area contributed by atoms with E-state index < -0.39 is 5.60 Å². The highest BCUT2D eigenvalue weighted by molar-refractivity contribution is 5.02. The fourth-order valence-electron chi connectivity index (χ4n) is 0.203. The topological polar surface area (TPSA) is 29.5 Å². The van der Waals surface area contributed by atoms with Crippen LogP contribution in [-0.4, -0.2) is 17.5 Å². The van der Waals surface area contributed by atoms with E-state index in [4.69, 9.17) is 16.3 Å². The van der Waals surface area contributed by atoms with Crippen LogP contribution in [0.15, 0.2) is 0 Å². The first-order valence-electron chi connectivity index (χ1n) is 2.35. The first-order chi connectivity index (χ1) is 3.62. The zero-order valence-electron chi connectivity index (χ0n) is 5.14. The van der Waals surface area contributed by atoms with Gasteiger partial charge < -0.3 is 9.84 Å². The van der Waals surface area contributed by atoms with Crippen molar-refractivity contribution in [2.24, 2.45) is 0 Å². The Morgan fingerprint density at radius 2 is 2.25 bits per heavy atom. The van der Waals surface area contributed by atoms with Crippen molar-refractivity contribution in [1.29, 1.82) is 0 Å². The van der Waals surface area contributed by atoms with Crippen molar-refractivity contribution in [2.45, 2.75) is 19.4 Å². The summed E-state index contributed by atoms with van der Waals surface area (Å²) in [5, 5.41) is 8.22. The number of aliphatic hydroxyl groups excluding tert-OH is 1. The lowest BCUT2D eigenvalue weighted by Crippen LogP contribution is -2.21. The average molecular weight is 114 g/mol. The molecule has 0 aromatic rings. The molecule has 0 aromatic heterocycles. The van der Waals surface area contributed by atoms with Crippen LogP contribution in [0.4, 0.5) is 0 Å². The van der Waals surface area contributed by atoms with Crippen LogP contribution < -0.4 is 0 Å². The minimum atomic E-state index is -0.630. The van der Waals surface area contributed by atoms with Gasteiger partial charge in [-0.05, 0) is 13.8 Å². The van der Waals surface area contributed by atoms with Crippen LogP contribution in [0.25, 0.3) is 0 Å². The molecule has 1 N–H and O–H groups in total. The van der Waals surface area contributed by atoms with Gasteiger partial charge in [0.1, 0.15) is 12.4 Å². The summed E-state index contributed by atoms with van der Waals surface area (Å²) in [6.45, 7) is 3.10. The molecule has 0 heterocycles. The number of aliphatic hydroxyl groups is 1. The second kappa shape index (κ2) is 2.71. The van der Waals surface area contributed by atoms with Gasteiger partial charge >= 0.3 is 0 Å². The van der Waals surface area contributed by atoms with Gasteiger partial charge in [0.15, 0.2) is 0 Å². The van der Waals surface area contributed by atoms with Gasteiger partial charge in [0, 0.05) is 0 Å². The van der Waals surface area contributed by atoms with E-state index in [1.54, 1.807) is 13.8 Å². The van der Waals surface area contributed by atoms with Crippen molar-refractivity contribution in [3.63, 3.8) is 0 Å². The molecule has 0 fully saturated rings. The molecule has 2 heteroatoms. The summed E-state index contributed by atoms with van der Waals surface area (Å²) in [5.41, 5.74) is -0.630. The molecule has 0 rings (SSSR count). The molecule has 0 saturated carbocycles. The van der Waals surface area contributed by atoms with Crippen LogP contribution >= 0.6 is 0 Å². The highest BCUT2D eigenvalue weighted by Gasteiger charge is 2.11. The summed E-state index contributed by atoms with van der Waals surface area (Å²) >= 11 is 0. The second-order valence-electron chi connectivity index (χ2n) is 1.93. The van der Waals surface area contributed by atoms with Crippen LogP contribution in [0.2, 0.25) is 0 Å². The van der Waals surface area contributed by atoms with E-state index in [2.05, 4.69) is 5.92 Å². The van der Waals surface area contributed by atoms with Crippen LogP contribution in [-0.2, 0) is 4.74 Å². The first kappa shape index (κ1) is 7.48. The average Bonchev–Trinajstić information content (AvgIpc) is 1.67. The van der Waals surface area contributed by atoms with Gasteiger partial charge in [-0.15, -0.1) is 6.42 Å². The van der Waals surface area contributed by atoms with Gasteiger partial charge in [-0.3, -0.25) is 0 Å². The molecule has 0 unspecified atom stereocenters. The highest BCUT2D eigenvalue weighted by atomic mass is 16.6. The van der Waals surface area contributed by atoms with Crippen LogP contribution in [0.5, 0.6) is 0 Å². The van der Waals surface area contributed by atoms with Crippen molar-refractivity contribution in [3.8, 4) is 12.3 Å². The molecule has 0 radical (unpaired) electrons. The predicted molar refractivity (Wildman–Crippen MR) is 31.1 cm³/mol. The fourth-order valence-corrected chi connectivity index (χ4v) is 0.203. The Kier molecular flexibility index (Phi) is 2.53. The minimum absolute atomic E-state index is 0.322. The lowest BCUT2D eigenvalue weighted by atomic mass is 10.2. The van der Waals surface area contributed by atoms with E-state index in [0.717, 1.165) is 0 Å². The van der Waals surface area contributed by atoms with Crippen molar-refractivity contribution >= 4 is 0 Å². The van der Waals surface area contributed by atoms with E-state index >= 15 is 0 Å². The van der Waals surface area contributed by atoms with Gasteiger partial charge in [-0.1, -0.05) is 5.92 Å². The molecule has 0 aliphatic rings. The summed E-state index contributed by atoms with van der Waals surface area (Å²) in [5.74, 6) is 2.36. The third-order valence-corrected chi connectivity index (χ3v) is 0.773. The number of hydrogen-bond acceptors (Lipinski definition) is 2. The third-order valence-electron chi connectivity index (χ3n) is 0.773. The molecular formula is C6H10O2. The third kappa shape index (κ3) is 2.62. The van der Waals surface area contributed by atoms with E-state index in [0.29, 0.717) is 0 Å². The van der Waals surface area contributed by atoms with Gasteiger partial charge in [0.05, 0.1) is 0 Å².